The van der Waals surface area contributed by atoms with E-state index in [1.54, 1.807) is 11.3 Å². The Labute approximate surface area is 124 Å². The van der Waals surface area contributed by atoms with Crippen LogP contribution in [0.15, 0.2) is 34.8 Å². The molecule has 1 aromatic heterocycles. The van der Waals surface area contributed by atoms with Crippen LogP contribution < -0.4 is 0 Å². The molecule has 0 unspecified atom stereocenters. The van der Waals surface area contributed by atoms with Crippen LogP contribution in [0, 0.1) is 11.3 Å². The third-order valence-corrected chi connectivity index (χ3v) is 4.58. The van der Waals surface area contributed by atoms with Gasteiger partial charge < -0.3 is 0 Å². The molecule has 0 aliphatic carbocycles. The third kappa shape index (κ3) is 2.42. The molecule has 0 N–H and O–H groups in total. The summed E-state index contributed by atoms with van der Waals surface area (Å²) < 4.78 is 1.23. The Balaban J connectivity index is 2.03. The van der Waals surface area contributed by atoms with Gasteiger partial charge in [0.2, 0.25) is 0 Å². The van der Waals surface area contributed by atoms with Crippen LogP contribution in [0.1, 0.15) is 39.7 Å². The Morgan fingerprint density at radius 1 is 1.25 bits per heavy atom. The van der Waals surface area contributed by atoms with Gasteiger partial charge in [-0.05, 0) is 24.5 Å². The third-order valence-electron chi connectivity index (χ3n) is 3.77. The van der Waals surface area contributed by atoms with Crippen molar-refractivity contribution in [3.05, 3.63) is 35.3 Å². The topological polar surface area (TPSA) is 25.2 Å². The van der Waals surface area contributed by atoms with Gasteiger partial charge in [0.25, 0.3) is 0 Å². The molecule has 0 amide bonds. The van der Waals surface area contributed by atoms with Crippen LogP contribution in [0.4, 0.5) is 0 Å². The highest BCUT2D eigenvalue weighted by atomic mass is 32.1. The average Bonchev–Trinajstić information content (AvgIpc) is 2.85. The van der Waals surface area contributed by atoms with Gasteiger partial charge in [-0.2, -0.15) is 0 Å². The molecule has 20 heavy (non-hydrogen) atoms. The molecule has 0 radical (unpaired) electrons. The van der Waals surface area contributed by atoms with Crippen LogP contribution in [-0.4, -0.2) is 10.7 Å². The number of hydrogen-bond donors (Lipinski definition) is 0. The molecule has 1 atom stereocenters. The predicted octanol–water partition coefficient (Wildman–Crippen LogP) is 5.16. The summed E-state index contributed by atoms with van der Waals surface area (Å²) in [6, 6.07) is 6.46. The summed E-state index contributed by atoms with van der Waals surface area (Å²) in [5.41, 5.74) is 6.67. The fourth-order valence-electron chi connectivity index (χ4n) is 2.79. The van der Waals surface area contributed by atoms with Crippen molar-refractivity contribution in [1.82, 2.24) is 4.98 Å². The Morgan fingerprint density at radius 3 is 2.80 bits per heavy atom. The first-order chi connectivity index (χ1) is 9.45. The van der Waals surface area contributed by atoms with Crippen molar-refractivity contribution < 1.29 is 0 Å². The molecule has 0 saturated carbocycles. The second-order valence-corrected chi connectivity index (χ2v) is 7.39. The van der Waals surface area contributed by atoms with E-state index < -0.39 is 0 Å². The molecule has 1 aliphatic heterocycles. The van der Waals surface area contributed by atoms with Gasteiger partial charge in [-0.3, -0.25) is 4.99 Å². The number of hydrogen-bond acceptors (Lipinski definition) is 3. The predicted molar refractivity (Wildman–Crippen MR) is 88.3 cm³/mol. The minimum absolute atomic E-state index is 0.129. The summed E-state index contributed by atoms with van der Waals surface area (Å²) in [6.07, 6.45) is 3.33. The number of nitrogens with zero attached hydrogens (tertiary/aromatic N) is 2. The lowest BCUT2D eigenvalue weighted by Gasteiger charge is -2.29. The normalized spacial score (nSPS) is 19.9. The van der Waals surface area contributed by atoms with E-state index in [4.69, 9.17) is 4.99 Å². The van der Waals surface area contributed by atoms with Crippen molar-refractivity contribution in [1.29, 1.82) is 0 Å². The zero-order valence-electron chi connectivity index (χ0n) is 12.5. The maximum atomic E-state index is 4.95. The lowest BCUT2D eigenvalue weighted by molar-refractivity contribution is 0.543. The summed E-state index contributed by atoms with van der Waals surface area (Å²) in [7, 11) is 0. The first kappa shape index (κ1) is 13.5. The summed E-state index contributed by atoms with van der Waals surface area (Å²) in [4.78, 5) is 9.35. The molecule has 2 heterocycles. The van der Waals surface area contributed by atoms with Crippen LogP contribution in [0.25, 0.3) is 15.9 Å². The van der Waals surface area contributed by atoms with E-state index in [9.17, 15) is 0 Å². The highest BCUT2D eigenvalue weighted by molar-refractivity contribution is 7.16. The highest BCUT2D eigenvalue weighted by Gasteiger charge is 2.26. The van der Waals surface area contributed by atoms with Crippen molar-refractivity contribution in [2.45, 2.75) is 34.1 Å². The zero-order chi connectivity index (χ0) is 14.3. The maximum Gasteiger partial charge on any atom is 0.0818 e. The number of fused-ring (bicyclic) bond motifs is 1. The molecule has 3 heteroatoms. The summed E-state index contributed by atoms with van der Waals surface area (Å²) in [6.45, 7) is 9.00. The molecule has 1 aliphatic rings. The molecule has 2 nitrogen and oxygen atoms in total. The number of aromatic nitrogens is 1. The quantitative estimate of drug-likeness (QED) is 0.709. The molecule has 0 bridgehead atoms. The number of aliphatic imine (C=N–C) groups is 1. The van der Waals surface area contributed by atoms with E-state index in [0.29, 0.717) is 5.92 Å². The van der Waals surface area contributed by atoms with Gasteiger partial charge in [-0.15, -0.1) is 11.3 Å². The van der Waals surface area contributed by atoms with Gasteiger partial charge in [-0.1, -0.05) is 39.8 Å². The standard InChI is InChI=1S/C17H20N2S/c1-11-5-7-13(19-16(11)17(2,3)4)12-6-8-15-14(9-12)18-10-20-15/h6-11H,5H2,1-4H3/t11-/m0/s1. The van der Waals surface area contributed by atoms with Gasteiger partial charge in [0.1, 0.15) is 0 Å². The molecule has 1 aromatic carbocycles. The number of benzene rings is 1. The Kier molecular flexibility index (Phi) is 3.25. The Bertz CT molecular complexity index is 701. The van der Waals surface area contributed by atoms with E-state index in [2.05, 4.69) is 57.0 Å². The van der Waals surface area contributed by atoms with Crippen LogP contribution in [0.3, 0.4) is 0 Å². The Hall–Kier alpha value is -1.48. The molecular formula is C17H20N2S. The van der Waals surface area contributed by atoms with Gasteiger partial charge >= 0.3 is 0 Å². The Morgan fingerprint density at radius 2 is 2.05 bits per heavy atom. The molecule has 0 fully saturated rings. The van der Waals surface area contributed by atoms with Crippen molar-refractivity contribution in [3.63, 3.8) is 0 Å². The van der Waals surface area contributed by atoms with Crippen LogP contribution in [0.2, 0.25) is 0 Å². The first-order valence-corrected chi connectivity index (χ1v) is 7.96. The lowest BCUT2D eigenvalue weighted by Crippen LogP contribution is -2.28. The van der Waals surface area contributed by atoms with Crippen LogP contribution in [-0.2, 0) is 0 Å². The number of rotatable bonds is 1. The van der Waals surface area contributed by atoms with Gasteiger partial charge in [0, 0.05) is 16.7 Å². The molecule has 0 spiro atoms. The minimum atomic E-state index is 0.129. The molecule has 0 saturated heterocycles. The van der Waals surface area contributed by atoms with Gasteiger partial charge in [0.15, 0.2) is 0 Å². The fraction of sp³-hybridized carbons (Fsp3) is 0.412. The van der Waals surface area contributed by atoms with E-state index in [1.165, 1.54) is 16.0 Å². The molecule has 3 rings (SSSR count). The molecule has 104 valence electrons. The first-order valence-electron chi connectivity index (χ1n) is 7.08. The second-order valence-electron chi connectivity index (χ2n) is 6.51. The zero-order valence-corrected chi connectivity index (χ0v) is 13.3. The summed E-state index contributed by atoms with van der Waals surface area (Å²) in [5, 5.41) is 0. The average molecular weight is 284 g/mol. The highest BCUT2D eigenvalue weighted by Crippen LogP contribution is 2.33. The SMILES string of the molecule is C[C@H]1CC=C(c2ccc3scnc3c2)N=C1C(C)(C)C. The largest absolute Gasteiger partial charge is 0.257 e. The minimum Gasteiger partial charge on any atom is -0.257 e. The van der Waals surface area contributed by atoms with Crippen molar-refractivity contribution >= 4 is 33.0 Å². The van der Waals surface area contributed by atoms with Crippen LogP contribution >= 0.6 is 11.3 Å². The van der Waals surface area contributed by atoms with Crippen LogP contribution in [0.5, 0.6) is 0 Å². The second kappa shape index (κ2) is 4.81. The molecule has 2 aromatic rings. The monoisotopic (exact) mass is 284 g/mol. The lowest BCUT2D eigenvalue weighted by atomic mass is 9.80. The van der Waals surface area contributed by atoms with E-state index in [0.717, 1.165) is 17.6 Å². The van der Waals surface area contributed by atoms with Crippen molar-refractivity contribution in [3.8, 4) is 0 Å². The van der Waals surface area contributed by atoms with E-state index >= 15 is 0 Å². The number of allylic oxidation sites excluding steroid dienone is 1. The van der Waals surface area contributed by atoms with Crippen molar-refractivity contribution in [2.24, 2.45) is 16.3 Å². The van der Waals surface area contributed by atoms with Crippen molar-refractivity contribution in [2.75, 3.05) is 0 Å². The van der Waals surface area contributed by atoms with E-state index in [1.807, 2.05) is 5.51 Å². The number of thiazole rings is 1. The smallest absolute Gasteiger partial charge is 0.0818 e. The van der Waals surface area contributed by atoms with E-state index in [-0.39, 0.29) is 5.41 Å². The fourth-order valence-corrected chi connectivity index (χ4v) is 3.45. The summed E-state index contributed by atoms with van der Waals surface area (Å²) in [5.74, 6) is 0.529. The van der Waals surface area contributed by atoms with Gasteiger partial charge in [0.05, 0.1) is 21.4 Å². The molecular weight excluding hydrogens is 264 g/mol. The maximum absolute atomic E-state index is 4.95. The summed E-state index contributed by atoms with van der Waals surface area (Å²) >= 11 is 1.68. The van der Waals surface area contributed by atoms with Gasteiger partial charge in [-0.25, -0.2) is 4.98 Å².